The van der Waals surface area contributed by atoms with Gasteiger partial charge in [-0.1, -0.05) is 72.8 Å². The zero-order valence-electron chi connectivity index (χ0n) is 26.0. The summed E-state index contributed by atoms with van der Waals surface area (Å²) in [6, 6.07) is 24.3. The van der Waals surface area contributed by atoms with Gasteiger partial charge in [0.05, 0.1) is 36.5 Å². The molecule has 3 fully saturated rings. The Balaban J connectivity index is 0.996. The van der Waals surface area contributed by atoms with Gasteiger partial charge in [-0.15, -0.1) is 0 Å². The molecular weight excluding hydrogens is 553 g/mol. The van der Waals surface area contributed by atoms with Crippen molar-refractivity contribution >= 4 is 24.5 Å². The highest BCUT2D eigenvalue weighted by Crippen LogP contribution is 2.45. The first-order valence-corrected chi connectivity index (χ1v) is 15.8. The van der Waals surface area contributed by atoms with Crippen molar-refractivity contribution in [2.24, 2.45) is 5.92 Å². The van der Waals surface area contributed by atoms with E-state index in [9.17, 15) is 9.59 Å². The Morgan fingerprint density at radius 3 is 2.05 bits per heavy atom. The first kappa shape index (κ1) is 29.3. The number of rotatable bonds is 6. The topological polar surface area (TPSA) is 74.3 Å². The number of amides is 1. The Labute approximate surface area is 260 Å². The van der Waals surface area contributed by atoms with E-state index in [-0.39, 0.29) is 42.4 Å². The Bertz CT molecular complexity index is 1510. The molecule has 228 valence electrons. The summed E-state index contributed by atoms with van der Waals surface area (Å²) >= 11 is 0. The Morgan fingerprint density at radius 1 is 0.841 bits per heavy atom. The minimum absolute atomic E-state index is 0.00879. The minimum Gasteiger partial charge on any atom is -0.448 e. The summed E-state index contributed by atoms with van der Waals surface area (Å²) in [7, 11) is -0.466. The molecule has 2 unspecified atom stereocenters. The molecule has 0 spiro atoms. The predicted molar refractivity (Wildman–Crippen MR) is 169 cm³/mol. The van der Waals surface area contributed by atoms with Gasteiger partial charge in [-0.05, 0) is 73.8 Å². The van der Waals surface area contributed by atoms with Gasteiger partial charge in [0, 0.05) is 18.3 Å². The largest absolute Gasteiger partial charge is 0.494 e. The zero-order valence-corrected chi connectivity index (χ0v) is 26.0. The van der Waals surface area contributed by atoms with Crippen LogP contribution in [0.25, 0.3) is 11.1 Å². The lowest BCUT2D eigenvalue weighted by Gasteiger charge is -2.47. The van der Waals surface area contributed by atoms with E-state index < -0.39 is 18.3 Å². The van der Waals surface area contributed by atoms with E-state index in [1.807, 2.05) is 81.1 Å². The number of nitrogens with zero attached hydrogens (tertiary/aromatic N) is 1. The first-order chi connectivity index (χ1) is 21.1. The molecule has 3 saturated heterocycles. The summed E-state index contributed by atoms with van der Waals surface area (Å²) in [5.41, 5.74) is 5.81. The van der Waals surface area contributed by atoms with Crippen LogP contribution in [0.1, 0.15) is 63.1 Å². The molecule has 1 aliphatic carbocycles. The van der Waals surface area contributed by atoms with Gasteiger partial charge < -0.3 is 18.8 Å². The molecule has 4 aliphatic rings. The number of hydrogen-bond acceptors (Lipinski definition) is 6. The van der Waals surface area contributed by atoms with Crippen LogP contribution in [0.2, 0.25) is 0 Å². The molecule has 8 heteroatoms. The van der Waals surface area contributed by atoms with Crippen LogP contribution in [-0.2, 0) is 30.0 Å². The lowest BCUT2D eigenvalue weighted by molar-refractivity contribution is -0.130. The van der Waals surface area contributed by atoms with Gasteiger partial charge in [0.15, 0.2) is 0 Å². The number of carbonyl (C=O) groups is 2. The third kappa shape index (κ3) is 5.17. The SMILES string of the molecule is CC1(C)OB(c2cccc(CC(=O)C3CC4COCC(C3)N4C(=O)OCC3c4ccccc4-c4ccccc43)c2)OC1(C)C. The van der Waals surface area contributed by atoms with Gasteiger partial charge in [0.2, 0.25) is 0 Å². The molecule has 3 aromatic carbocycles. The molecular formula is C36H40BNO6. The van der Waals surface area contributed by atoms with Crippen LogP contribution in [0.15, 0.2) is 72.8 Å². The van der Waals surface area contributed by atoms with Crippen molar-refractivity contribution < 1.29 is 28.4 Å². The van der Waals surface area contributed by atoms with Gasteiger partial charge >= 0.3 is 13.2 Å². The molecule has 2 bridgehead atoms. The standard InChI is InChI=1S/C36H40BNO6/c1-35(2)36(3,4)44-37(43-35)25-11-9-10-23(16-25)17-33(39)24-18-26-20-41-21-27(19-24)38(26)34(40)42-22-32-30-14-7-5-12-28(30)29-13-6-8-15-31(29)32/h5-16,24,26-27,32H,17-22H2,1-4H3. The fourth-order valence-corrected chi connectivity index (χ4v) is 7.32. The second kappa shape index (κ2) is 11.2. The molecule has 1 amide bonds. The summed E-state index contributed by atoms with van der Waals surface area (Å²) in [6.45, 7) is 9.27. The van der Waals surface area contributed by atoms with Crippen LogP contribution in [0.4, 0.5) is 4.79 Å². The summed E-state index contributed by atoms with van der Waals surface area (Å²) in [4.78, 5) is 29.0. The number of ether oxygens (including phenoxy) is 2. The van der Waals surface area contributed by atoms with Crippen LogP contribution >= 0.6 is 0 Å². The van der Waals surface area contributed by atoms with Crippen molar-refractivity contribution in [1.29, 1.82) is 0 Å². The normalized spacial score (nSPS) is 25.0. The minimum atomic E-state index is -0.466. The molecule has 3 aliphatic heterocycles. The van der Waals surface area contributed by atoms with E-state index in [1.54, 1.807) is 0 Å². The molecule has 3 heterocycles. The molecule has 7 rings (SSSR count). The Kier molecular flexibility index (Phi) is 7.43. The van der Waals surface area contributed by atoms with E-state index in [2.05, 4.69) is 24.3 Å². The Hall–Kier alpha value is -3.46. The Morgan fingerprint density at radius 2 is 1.43 bits per heavy atom. The van der Waals surface area contributed by atoms with Gasteiger partial charge in [0.25, 0.3) is 0 Å². The van der Waals surface area contributed by atoms with Crippen molar-refractivity contribution in [2.75, 3.05) is 19.8 Å². The number of ketones is 1. The van der Waals surface area contributed by atoms with Crippen molar-refractivity contribution in [3.63, 3.8) is 0 Å². The van der Waals surface area contributed by atoms with E-state index >= 15 is 0 Å². The number of hydrogen-bond donors (Lipinski definition) is 0. The number of Topliss-reactive ketones (excluding diaryl/α,β-unsaturated/α-hetero) is 1. The maximum Gasteiger partial charge on any atom is 0.494 e. The molecule has 44 heavy (non-hydrogen) atoms. The van der Waals surface area contributed by atoms with Crippen molar-refractivity contribution in [3.05, 3.63) is 89.5 Å². The highest BCUT2D eigenvalue weighted by molar-refractivity contribution is 6.62. The molecule has 7 nitrogen and oxygen atoms in total. The van der Waals surface area contributed by atoms with E-state index in [4.69, 9.17) is 18.8 Å². The lowest BCUT2D eigenvalue weighted by Crippen LogP contribution is -2.60. The third-order valence-electron chi connectivity index (χ3n) is 10.4. The maximum absolute atomic E-state index is 13.6. The summed E-state index contributed by atoms with van der Waals surface area (Å²) in [5, 5.41) is 0. The van der Waals surface area contributed by atoms with Crippen molar-refractivity contribution in [2.45, 2.75) is 76.2 Å². The maximum atomic E-state index is 13.6. The van der Waals surface area contributed by atoms with Crippen LogP contribution < -0.4 is 5.46 Å². The summed E-state index contributed by atoms with van der Waals surface area (Å²) < 4.78 is 24.3. The molecule has 0 N–H and O–H groups in total. The number of fused-ring (bicyclic) bond motifs is 5. The number of carbonyl (C=O) groups excluding carboxylic acids is 2. The second-order valence-corrected chi connectivity index (χ2v) is 13.7. The number of morpholine rings is 1. The van der Waals surface area contributed by atoms with E-state index in [1.165, 1.54) is 22.3 Å². The smallest absolute Gasteiger partial charge is 0.448 e. The molecule has 0 aromatic heterocycles. The van der Waals surface area contributed by atoms with Gasteiger partial charge in [0.1, 0.15) is 12.4 Å². The average molecular weight is 594 g/mol. The highest BCUT2D eigenvalue weighted by Gasteiger charge is 2.52. The van der Waals surface area contributed by atoms with Crippen molar-refractivity contribution in [1.82, 2.24) is 4.90 Å². The fraction of sp³-hybridized carbons (Fsp3) is 0.444. The quantitative estimate of drug-likeness (QED) is 0.351. The molecule has 3 aromatic rings. The summed E-state index contributed by atoms with van der Waals surface area (Å²) in [5.74, 6) is 0.0710. The van der Waals surface area contributed by atoms with Gasteiger partial charge in [-0.2, -0.15) is 0 Å². The van der Waals surface area contributed by atoms with Crippen molar-refractivity contribution in [3.8, 4) is 11.1 Å². The first-order valence-electron chi connectivity index (χ1n) is 15.8. The average Bonchev–Trinajstić information content (AvgIpc) is 3.44. The van der Waals surface area contributed by atoms with Crippen LogP contribution in [0.5, 0.6) is 0 Å². The fourth-order valence-electron chi connectivity index (χ4n) is 7.32. The molecule has 0 saturated carbocycles. The second-order valence-electron chi connectivity index (χ2n) is 13.7. The van der Waals surface area contributed by atoms with Crippen LogP contribution in [-0.4, -0.2) is 67.0 Å². The van der Waals surface area contributed by atoms with Crippen LogP contribution in [0.3, 0.4) is 0 Å². The van der Waals surface area contributed by atoms with Gasteiger partial charge in [-0.3, -0.25) is 9.69 Å². The van der Waals surface area contributed by atoms with E-state index in [0.29, 0.717) is 32.5 Å². The predicted octanol–water partition coefficient (Wildman–Crippen LogP) is 5.53. The van der Waals surface area contributed by atoms with Gasteiger partial charge in [-0.25, -0.2) is 4.79 Å². The van der Waals surface area contributed by atoms with E-state index in [0.717, 1.165) is 11.0 Å². The molecule has 2 atom stereocenters. The number of piperidine rings is 1. The third-order valence-corrected chi connectivity index (χ3v) is 10.4. The zero-order chi connectivity index (χ0) is 30.6. The number of benzene rings is 3. The van der Waals surface area contributed by atoms with Crippen LogP contribution in [0, 0.1) is 5.92 Å². The summed E-state index contributed by atoms with van der Waals surface area (Å²) in [6.07, 6.45) is 1.18. The highest BCUT2D eigenvalue weighted by atomic mass is 16.7. The lowest BCUT2D eigenvalue weighted by atomic mass is 9.77. The molecule has 0 radical (unpaired) electrons. The monoisotopic (exact) mass is 593 g/mol.